The Kier molecular flexibility index (Phi) is 2.65. The van der Waals surface area contributed by atoms with Crippen LogP contribution in [0.4, 0.5) is 0 Å². The van der Waals surface area contributed by atoms with E-state index in [1.807, 2.05) is 0 Å². The van der Waals surface area contributed by atoms with Crippen molar-refractivity contribution in [1.29, 1.82) is 0 Å². The Morgan fingerprint density at radius 2 is 2.31 bits per heavy atom. The average Bonchev–Trinajstić information content (AvgIpc) is 2.71. The normalized spacial score (nSPS) is 35.9. The van der Waals surface area contributed by atoms with E-state index in [0.29, 0.717) is 24.5 Å². The maximum atomic E-state index is 11.1. The van der Waals surface area contributed by atoms with Crippen molar-refractivity contribution >= 4 is 5.78 Å². The van der Waals surface area contributed by atoms with Crippen LogP contribution in [0.25, 0.3) is 0 Å². The summed E-state index contributed by atoms with van der Waals surface area (Å²) in [6, 6.07) is 0.511. The van der Waals surface area contributed by atoms with Crippen molar-refractivity contribution in [2.24, 2.45) is 0 Å². The number of hydrogen-bond acceptors (Lipinski definition) is 3. The van der Waals surface area contributed by atoms with Gasteiger partial charge in [0, 0.05) is 26.1 Å². The summed E-state index contributed by atoms with van der Waals surface area (Å²) in [5.41, 5.74) is 0. The van der Waals surface area contributed by atoms with Gasteiger partial charge in [-0.15, -0.1) is 0 Å². The molecule has 2 unspecified atom stereocenters. The summed E-state index contributed by atoms with van der Waals surface area (Å²) in [7, 11) is 1.78. The van der Waals surface area contributed by atoms with Gasteiger partial charge in [-0.1, -0.05) is 0 Å². The van der Waals surface area contributed by atoms with Gasteiger partial charge in [0.25, 0.3) is 0 Å². The van der Waals surface area contributed by atoms with Gasteiger partial charge in [-0.05, 0) is 19.3 Å². The van der Waals surface area contributed by atoms with E-state index in [1.54, 1.807) is 7.11 Å². The van der Waals surface area contributed by atoms with Gasteiger partial charge >= 0.3 is 0 Å². The number of nitrogens with zero attached hydrogens (tertiary/aromatic N) is 1. The van der Waals surface area contributed by atoms with Gasteiger partial charge in [-0.3, -0.25) is 9.69 Å². The van der Waals surface area contributed by atoms with E-state index in [-0.39, 0.29) is 0 Å². The Morgan fingerprint density at radius 3 is 2.92 bits per heavy atom. The lowest BCUT2D eigenvalue weighted by atomic mass is 10.2. The van der Waals surface area contributed by atoms with Crippen LogP contribution in [-0.2, 0) is 9.53 Å². The van der Waals surface area contributed by atoms with E-state index in [1.165, 1.54) is 12.8 Å². The van der Waals surface area contributed by atoms with Crippen LogP contribution in [0.1, 0.15) is 25.7 Å². The molecule has 2 aliphatic rings. The number of ether oxygens (including phenoxy) is 1. The summed E-state index contributed by atoms with van der Waals surface area (Å²) >= 11 is 0. The Balaban J connectivity index is 1.95. The summed E-state index contributed by atoms with van der Waals surface area (Å²) in [4.78, 5) is 13.4. The van der Waals surface area contributed by atoms with Crippen LogP contribution in [0.2, 0.25) is 0 Å². The van der Waals surface area contributed by atoms with Gasteiger partial charge in [0.2, 0.25) is 0 Å². The molecule has 0 spiro atoms. The SMILES string of the molecule is COC1CCCC1N1CCC(=O)C1. The maximum Gasteiger partial charge on any atom is 0.148 e. The first kappa shape index (κ1) is 9.16. The molecule has 3 heteroatoms. The number of methoxy groups -OCH3 is 1. The zero-order valence-electron chi connectivity index (χ0n) is 8.16. The monoisotopic (exact) mass is 183 g/mol. The number of Topliss-reactive ketones (excluding diaryl/α,β-unsaturated/α-hetero) is 1. The fraction of sp³-hybridized carbons (Fsp3) is 0.900. The molecular formula is C10H17NO2. The third-order valence-electron chi connectivity index (χ3n) is 3.25. The third kappa shape index (κ3) is 1.76. The van der Waals surface area contributed by atoms with Crippen LogP contribution >= 0.6 is 0 Å². The van der Waals surface area contributed by atoms with E-state index in [4.69, 9.17) is 4.74 Å². The van der Waals surface area contributed by atoms with Crippen LogP contribution in [0.15, 0.2) is 0 Å². The second-order valence-corrected chi connectivity index (χ2v) is 4.03. The quantitative estimate of drug-likeness (QED) is 0.635. The molecule has 0 amide bonds. The van der Waals surface area contributed by atoms with Crippen LogP contribution in [0, 0.1) is 0 Å². The average molecular weight is 183 g/mol. The standard InChI is InChI=1S/C10H17NO2/c1-13-10-4-2-3-9(10)11-6-5-8(12)7-11/h9-10H,2-7H2,1H3. The maximum absolute atomic E-state index is 11.1. The molecule has 0 aromatic heterocycles. The largest absolute Gasteiger partial charge is 0.380 e. The Hall–Kier alpha value is -0.410. The number of likely N-dealkylation sites (tertiary alicyclic amines) is 1. The second-order valence-electron chi connectivity index (χ2n) is 4.03. The molecule has 74 valence electrons. The lowest BCUT2D eigenvalue weighted by Crippen LogP contribution is -2.39. The van der Waals surface area contributed by atoms with E-state index >= 15 is 0 Å². The molecule has 2 rings (SSSR count). The number of rotatable bonds is 2. The highest BCUT2D eigenvalue weighted by Crippen LogP contribution is 2.27. The summed E-state index contributed by atoms with van der Waals surface area (Å²) in [5.74, 6) is 0.391. The minimum absolute atomic E-state index is 0.367. The Bertz CT molecular complexity index is 205. The third-order valence-corrected chi connectivity index (χ3v) is 3.25. The molecule has 1 saturated heterocycles. The molecular weight excluding hydrogens is 166 g/mol. The van der Waals surface area contributed by atoms with Gasteiger partial charge in [0.1, 0.15) is 5.78 Å². The molecule has 13 heavy (non-hydrogen) atoms. The van der Waals surface area contributed by atoms with Crippen molar-refractivity contribution in [3.05, 3.63) is 0 Å². The molecule has 0 aromatic carbocycles. The summed E-state index contributed by atoms with van der Waals surface area (Å²) in [5, 5.41) is 0. The van der Waals surface area contributed by atoms with Crippen LogP contribution in [-0.4, -0.2) is 43.0 Å². The van der Waals surface area contributed by atoms with Crippen molar-refractivity contribution in [3.63, 3.8) is 0 Å². The van der Waals surface area contributed by atoms with Crippen molar-refractivity contribution in [1.82, 2.24) is 4.90 Å². The van der Waals surface area contributed by atoms with Crippen LogP contribution in [0.5, 0.6) is 0 Å². The van der Waals surface area contributed by atoms with E-state index in [0.717, 1.165) is 19.4 Å². The molecule has 0 N–H and O–H groups in total. The van der Waals surface area contributed by atoms with Gasteiger partial charge in [-0.2, -0.15) is 0 Å². The van der Waals surface area contributed by atoms with Crippen molar-refractivity contribution in [2.75, 3.05) is 20.2 Å². The molecule has 0 aromatic rings. The van der Waals surface area contributed by atoms with Crippen LogP contribution in [0.3, 0.4) is 0 Å². The molecule has 2 fully saturated rings. The number of carbonyl (C=O) groups excluding carboxylic acids is 1. The van der Waals surface area contributed by atoms with Crippen molar-refractivity contribution in [3.8, 4) is 0 Å². The first-order valence-corrected chi connectivity index (χ1v) is 5.10. The summed E-state index contributed by atoms with van der Waals surface area (Å²) < 4.78 is 5.42. The van der Waals surface area contributed by atoms with Gasteiger partial charge < -0.3 is 4.74 Å². The first-order chi connectivity index (χ1) is 6.31. The van der Waals surface area contributed by atoms with Gasteiger partial charge in [0.15, 0.2) is 0 Å². The highest BCUT2D eigenvalue weighted by atomic mass is 16.5. The lowest BCUT2D eigenvalue weighted by molar-refractivity contribution is -0.117. The summed E-state index contributed by atoms with van der Waals surface area (Å²) in [6.07, 6.45) is 4.71. The second kappa shape index (κ2) is 3.76. The molecule has 3 nitrogen and oxygen atoms in total. The lowest BCUT2D eigenvalue weighted by Gasteiger charge is -2.27. The zero-order chi connectivity index (χ0) is 9.26. The smallest absolute Gasteiger partial charge is 0.148 e. The highest BCUT2D eigenvalue weighted by molar-refractivity contribution is 5.82. The topological polar surface area (TPSA) is 29.5 Å². The van der Waals surface area contributed by atoms with E-state index < -0.39 is 0 Å². The minimum atomic E-state index is 0.367. The molecule has 1 saturated carbocycles. The minimum Gasteiger partial charge on any atom is -0.380 e. The number of hydrogen-bond donors (Lipinski definition) is 0. The molecule has 0 radical (unpaired) electrons. The molecule has 1 aliphatic carbocycles. The predicted molar refractivity (Wildman–Crippen MR) is 49.6 cm³/mol. The fourth-order valence-corrected chi connectivity index (χ4v) is 2.54. The van der Waals surface area contributed by atoms with Crippen molar-refractivity contribution < 1.29 is 9.53 Å². The molecule has 0 bridgehead atoms. The number of ketones is 1. The Morgan fingerprint density at radius 1 is 1.46 bits per heavy atom. The van der Waals surface area contributed by atoms with E-state index in [9.17, 15) is 4.79 Å². The molecule has 1 heterocycles. The van der Waals surface area contributed by atoms with Crippen molar-refractivity contribution in [2.45, 2.75) is 37.8 Å². The summed E-state index contributed by atoms with van der Waals surface area (Å²) in [6.45, 7) is 1.61. The van der Waals surface area contributed by atoms with Crippen LogP contribution < -0.4 is 0 Å². The Labute approximate surface area is 79.0 Å². The fourth-order valence-electron chi connectivity index (χ4n) is 2.54. The molecule has 1 aliphatic heterocycles. The highest BCUT2D eigenvalue weighted by Gasteiger charge is 2.35. The predicted octanol–water partition coefficient (Wildman–Crippen LogP) is 0.829. The number of carbonyl (C=O) groups is 1. The molecule has 2 atom stereocenters. The van der Waals surface area contributed by atoms with Gasteiger partial charge in [0.05, 0.1) is 12.6 Å². The first-order valence-electron chi connectivity index (χ1n) is 5.10. The zero-order valence-corrected chi connectivity index (χ0v) is 8.16. The van der Waals surface area contributed by atoms with E-state index in [2.05, 4.69) is 4.90 Å². The van der Waals surface area contributed by atoms with Gasteiger partial charge in [-0.25, -0.2) is 0 Å².